The van der Waals surface area contributed by atoms with Crippen LogP contribution in [0.25, 0.3) is 0 Å². The van der Waals surface area contributed by atoms with Crippen LogP contribution >= 0.6 is 0 Å². The van der Waals surface area contributed by atoms with E-state index < -0.39 is 10.4 Å². The van der Waals surface area contributed by atoms with Gasteiger partial charge in [-0.05, 0) is 0 Å². The van der Waals surface area contributed by atoms with E-state index in [1.807, 2.05) is 0 Å². The average Bonchev–Trinajstić information content (AvgIpc) is 0.722. The minimum Gasteiger partial charge on any atom is -1.00 e. The first-order valence-electron chi connectivity index (χ1n) is 0.667. The van der Waals surface area contributed by atoms with Gasteiger partial charge in [-0.3, -0.25) is 8.42 Å². The fraction of sp³-hybridized carbons (Fsp3) is 0. The van der Waals surface area contributed by atoms with Gasteiger partial charge in [-0.15, -0.1) is 0 Å². The summed E-state index contributed by atoms with van der Waals surface area (Å²) in [4.78, 5) is 0. The van der Waals surface area contributed by atoms with Gasteiger partial charge in [0.2, 0.25) is 0 Å². The molecule has 0 aliphatic heterocycles. The van der Waals surface area contributed by atoms with Gasteiger partial charge in [-0.25, -0.2) is 0 Å². The van der Waals surface area contributed by atoms with Crippen molar-refractivity contribution >= 4 is 65.5 Å². The Morgan fingerprint density at radius 3 is 1.25 bits per heavy atom. The summed E-state index contributed by atoms with van der Waals surface area (Å²) in [5.74, 6) is 0. The number of hydrogen-bond acceptors (Lipinski definition) is 4. The zero-order valence-corrected chi connectivity index (χ0v) is 10.5. The standard InChI is InChI=1S/Al.Ca.Na.H2O4S.H/c;;;1-5(2,3)4;/h;;;(H2,1,2,3,4);/q;+2;+1;;-1/p-2. The van der Waals surface area contributed by atoms with Crippen molar-refractivity contribution in [1.82, 2.24) is 0 Å². The van der Waals surface area contributed by atoms with Gasteiger partial charge in [-0.2, -0.15) is 0 Å². The molecule has 0 bridgehead atoms. The van der Waals surface area contributed by atoms with Crippen LogP contribution in [0.3, 0.4) is 0 Å². The van der Waals surface area contributed by atoms with Crippen LogP contribution in [0.15, 0.2) is 0 Å². The third-order valence-corrected chi connectivity index (χ3v) is 0. The van der Waals surface area contributed by atoms with Crippen LogP contribution in [0.2, 0.25) is 0 Å². The monoisotopic (exact) mass is 187 g/mol. The van der Waals surface area contributed by atoms with Gasteiger partial charge in [0, 0.05) is 27.8 Å². The first-order valence-corrected chi connectivity index (χ1v) is 2.00. The molecule has 3 radical (unpaired) electrons. The summed E-state index contributed by atoms with van der Waals surface area (Å²) in [5, 5.41) is 0. The van der Waals surface area contributed by atoms with E-state index in [1.165, 1.54) is 0 Å². The second-order valence-corrected chi connectivity index (χ2v) is 1.22. The van der Waals surface area contributed by atoms with Gasteiger partial charge < -0.3 is 10.5 Å². The Morgan fingerprint density at radius 2 is 1.25 bits per heavy atom. The molecule has 0 amide bonds. The third kappa shape index (κ3) is 71.8. The van der Waals surface area contributed by atoms with Crippen LogP contribution in [0, 0.1) is 0 Å². The Labute approximate surface area is 112 Å². The van der Waals surface area contributed by atoms with E-state index in [4.69, 9.17) is 17.5 Å². The van der Waals surface area contributed by atoms with E-state index in [0.29, 0.717) is 0 Å². The van der Waals surface area contributed by atoms with Gasteiger partial charge in [0.25, 0.3) is 0 Å². The predicted molar refractivity (Wildman–Crippen MR) is 23.1 cm³/mol. The fourth-order valence-electron chi connectivity index (χ4n) is 0. The van der Waals surface area contributed by atoms with Crippen LogP contribution in [0.1, 0.15) is 1.43 Å². The molecular formula is HAlCaNaO4S. The number of hydrogen-bond donors (Lipinski definition) is 0. The summed E-state index contributed by atoms with van der Waals surface area (Å²) in [5.41, 5.74) is 0. The molecule has 0 fully saturated rings. The van der Waals surface area contributed by atoms with Crippen molar-refractivity contribution in [2.24, 2.45) is 0 Å². The molecule has 0 rings (SSSR count). The van der Waals surface area contributed by atoms with Crippen molar-refractivity contribution in [3.63, 3.8) is 0 Å². The molecule has 0 spiro atoms. The maximum Gasteiger partial charge on any atom is 2.00 e. The normalized spacial score (nSPS) is 7.25. The van der Waals surface area contributed by atoms with Gasteiger partial charge >= 0.3 is 67.3 Å². The summed E-state index contributed by atoms with van der Waals surface area (Å²) in [6.45, 7) is 0. The molecule has 0 aromatic rings. The largest absolute Gasteiger partial charge is 2.00 e. The second kappa shape index (κ2) is 9.66. The number of rotatable bonds is 0. The summed E-state index contributed by atoms with van der Waals surface area (Å²) in [6, 6.07) is 0. The van der Waals surface area contributed by atoms with E-state index in [0.717, 1.165) is 0 Å². The molecule has 4 nitrogen and oxygen atoms in total. The molecule has 0 heterocycles. The quantitative estimate of drug-likeness (QED) is 0.216. The van der Waals surface area contributed by atoms with Crippen molar-refractivity contribution in [1.29, 1.82) is 0 Å². The summed E-state index contributed by atoms with van der Waals surface area (Å²) >= 11 is 0. The Hall–Kier alpha value is 2.66. The predicted octanol–water partition coefficient (Wildman–Crippen LogP) is -4.98. The molecule has 0 unspecified atom stereocenters. The van der Waals surface area contributed by atoms with E-state index >= 15 is 0 Å². The maximum atomic E-state index is 8.52. The molecule has 0 saturated carbocycles. The van der Waals surface area contributed by atoms with Crippen molar-refractivity contribution in [2.45, 2.75) is 0 Å². The van der Waals surface area contributed by atoms with Crippen molar-refractivity contribution in [3.8, 4) is 0 Å². The fourth-order valence-corrected chi connectivity index (χ4v) is 0. The Kier molecular flexibility index (Phi) is 27.1. The Bertz CT molecular complexity index is 104. The molecule has 0 saturated heterocycles. The Balaban J connectivity index is -0.0000000133. The van der Waals surface area contributed by atoms with E-state index in [9.17, 15) is 0 Å². The molecule has 37 valence electrons. The zero-order chi connectivity index (χ0) is 4.50. The van der Waals surface area contributed by atoms with Crippen LogP contribution in [0.4, 0.5) is 0 Å². The molecule has 0 aliphatic rings. The molecule has 0 aromatic carbocycles. The van der Waals surface area contributed by atoms with E-state index in [-0.39, 0.29) is 86.1 Å². The summed E-state index contributed by atoms with van der Waals surface area (Å²) < 4.78 is 34.1. The van der Waals surface area contributed by atoms with Gasteiger partial charge in [0.15, 0.2) is 0 Å². The molecule has 0 atom stereocenters. The van der Waals surface area contributed by atoms with Crippen molar-refractivity contribution < 1.29 is 48.5 Å². The first-order chi connectivity index (χ1) is 2.00. The van der Waals surface area contributed by atoms with Gasteiger partial charge in [0.05, 0.1) is 0 Å². The minimum absolute atomic E-state index is 0. The molecule has 0 aliphatic carbocycles. The molecule has 8 heteroatoms. The molecule has 0 N–H and O–H groups in total. The van der Waals surface area contributed by atoms with E-state index in [2.05, 4.69) is 0 Å². The van der Waals surface area contributed by atoms with Gasteiger partial charge in [-0.1, -0.05) is 0 Å². The Morgan fingerprint density at radius 1 is 1.25 bits per heavy atom. The SMILES string of the molecule is O=S(=O)([O-])[O-].[Al].[Ca+2].[H-].[Na+]. The second-order valence-electron chi connectivity index (χ2n) is 0.408. The smallest absolute Gasteiger partial charge is 1.00 e. The van der Waals surface area contributed by atoms with Crippen LogP contribution in [-0.2, 0) is 10.4 Å². The maximum absolute atomic E-state index is 8.52. The molecular weight excluding hydrogens is 186 g/mol. The van der Waals surface area contributed by atoms with Crippen molar-refractivity contribution in [2.75, 3.05) is 0 Å². The zero-order valence-electron chi connectivity index (χ0n) is 5.33. The molecule has 8 heavy (non-hydrogen) atoms. The average molecular weight is 187 g/mol. The first kappa shape index (κ1) is 22.4. The summed E-state index contributed by atoms with van der Waals surface area (Å²) in [6.07, 6.45) is 0. The van der Waals surface area contributed by atoms with Crippen LogP contribution in [-0.4, -0.2) is 72.6 Å². The van der Waals surface area contributed by atoms with Crippen molar-refractivity contribution in [3.05, 3.63) is 0 Å². The molecule has 0 aromatic heterocycles. The summed E-state index contributed by atoms with van der Waals surface area (Å²) in [7, 11) is -5.17. The minimum atomic E-state index is -5.17. The topological polar surface area (TPSA) is 80.3 Å². The van der Waals surface area contributed by atoms with Crippen LogP contribution < -0.4 is 29.6 Å². The van der Waals surface area contributed by atoms with Crippen LogP contribution in [0.5, 0.6) is 0 Å². The van der Waals surface area contributed by atoms with Gasteiger partial charge in [0.1, 0.15) is 0 Å². The van der Waals surface area contributed by atoms with E-state index in [1.54, 1.807) is 0 Å². The third-order valence-electron chi connectivity index (χ3n) is 0.